The van der Waals surface area contributed by atoms with E-state index >= 15 is 0 Å². The van der Waals surface area contributed by atoms with Crippen LogP contribution in [0.4, 0.5) is 4.79 Å². The van der Waals surface area contributed by atoms with Gasteiger partial charge in [0.05, 0.1) is 0 Å². The summed E-state index contributed by atoms with van der Waals surface area (Å²) < 4.78 is 5.71. The van der Waals surface area contributed by atoms with Gasteiger partial charge in [-0.15, -0.1) is 0 Å². The lowest BCUT2D eigenvalue weighted by Gasteiger charge is -2.39. The van der Waals surface area contributed by atoms with Crippen LogP contribution in [0.15, 0.2) is 42.5 Å². The number of rotatable bonds is 5. The average molecular weight is 496 g/mol. The molecule has 2 saturated heterocycles. The highest BCUT2D eigenvalue weighted by Gasteiger charge is 2.55. The lowest BCUT2D eigenvalue weighted by molar-refractivity contribution is -0.137. The van der Waals surface area contributed by atoms with E-state index < -0.39 is 5.54 Å². The number of hydrogen-bond acceptors (Lipinski definition) is 4. The summed E-state index contributed by atoms with van der Waals surface area (Å²) in [5, 5.41) is 3.63. The van der Waals surface area contributed by atoms with Gasteiger partial charge in [-0.05, 0) is 80.3 Å². The third-order valence-corrected chi connectivity index (χ3v) is 8.03. The number of piperidine rings is 1. The van der Waals surface area contributed by atoms with Crippen molar-refractivity contribution in [3.63, 3.8) is 0 Å². The number of ether oxygens (including phenoxy) is 1. The summed E-state index contributed by atoms with van der Waals surface area (Å²) >= 11 is 5.98. The first kappa shape index (κ1) is 23.7. The molecule has 3 aliphatic rings. The number of urea groups is 1. The standard InChI is InChI=1S/C27H30ClN3O4/c1-17-13-21(28)7-8-23(17)35-16-24(32)30-11-9-20(10-12-30)27(2)25(33)31(26(34)29-27)22-14-18-5-3-4-6-19(18)15-22/h3-8,13,20,22H,9-12,14-16H2,1-2H3,(H,29,34). The van der Waals surface area contributed by atoms with Gasteiger partial charge in [-0.3, -0.25) is 14.5 Å². The summed E-state index contributed by atoms with van der Waals surface area (Å²) in [6, 6.07) is 13.0. The molecular formula is C27H30ClN3O4. The van der Waals surface area contributed by atoms with Crippen LogP contribution in [-0.2, 0) is 22.4 Å². The summed E-state index contributed by atoms with van der Waals surface area (Å²) in [6.45, 7) is 4.73. The SMILES string of the molecule is Cc1cc(Cl)ccc1OCC(=O)N1CCC(C2(C)NC(=O)N(C3Cc4ccccc4C3)C2=O)CC1. The van der Waals surface area contributed by atoms with Crippen LogP contribution in [0, 0.1) is 12.8 Å². The molecule has 4 amide bonds. The maximum atomic E-state index is 13.5. The zero-order valence-corrected chi connectivity index (χ0v) is 20.8. The van der Waals surface area contributed by atoms with E-state index in [1.165, 1.54) is 16.0 Å². The fraction of sp³-hybridized carbons (Fsp3) is 0.444. The molecular weight excluding hydrogens is 466 g/mol. The number of nitrogens with zero attached hydrogens (tertiary/aromatic N) is 2. The molecule has 0 spiro atoms. The molecule has 8 heteroatoms. The molecule has 2 aromatic carbocycles. The van der Waals surface area contributed by atoms with Crippen molar-refractivity contribution in [3.8, 4) is 5.75 Å². The van der Waals surface area contributed by atoms with Crippen LogP contribution in [0.2, 0.25) is 5.02 Å². The van der Waals surface area contributed by atoms with Gasteiger partial charge in [-0.25, -0.2) is 4.79 Å². The van der Waals surface area contributed by atoms with Crippen molar-refractivity contribution in [3.05, 3.63) is 64.2 Å². The van der Waals surface area contributed by atoms with Crippen LogP contribution in [0.3, 0.4) is 0 Å². The molecule has 0 radical (unpaired) electrons. The van der Waals surface area contributed by atoms with Crippen LogP contribution in [0.1, 0.15) is 36.5 Å². The van der Waals surface area contributed by atoms with E-state index in [-0.39, 0.29) is 36.4 Å². The second kappa shape index (κ2) is 9.19. The van der Waals surface area contributed by atoms with Crippen molar-refractivity contribution in [2.24, 2.45) is 5.92 Å². The molecule has 7 nitrogen and oxygen atoms in total. The molecule has 1 unspecified atom stereocenters. The second-order valence-corrected chi connectivity index (χ2v) is 10.4. The Bertz CT molecular complexity index is 1150. The summed E-state index contributed by atoms with van der Waals surface area (Å²) in [6.07, 6.45) is 2.69. The number of carbonyl (C=O) groups is 3. The Morgan fingerprint density at radius 2 is 1.77 bits per heavy atom. The van der Waals surface area contributed by atoms with Crippen molar-refractivity contribution in [2.45, 2.75) is 51.1 Å². The van der Waals surface area contributed by atoms with Crippen molar-refractivity contribution < 1.29 is 19.1 Å². The predicted octanol–water partition coefficient (Wildman–Crippen LogP) is 3.74. The largest absolute Gasteiger partial charge is 0.483 e. The van der Waals surface area contributed by atoms with E-state index in [0.29, 0.717) is 49.5 Å². The number of benzene rings is 2. The van der Waals surface area contributed by atoms with E-state index in [1.807, 2.05) is 26.0 Å². The Kier molecular flexibility index (Phi) is 6.21. The first-order valence-corrected chi connectivity index (χ1v) is 12.5. The third-order valence-electron chi connectivity index (χ3n) is 7.80. The van der Waals surface area contributed by atoms with Gasteiger partial charge >= 0.3 is 6.03 Å². The Labute approximate surface area is 210 Å². The van der Waals surface area contributed by atoms with Crippen molar-refractivity contribution in [1.29, 1.82) is 0 Å². The van der Waals surface area contributed by atoms with Gasteiger partial charge in [-0.2, -0.15) is 0 Å². The van der Waals surface area contributed by atoms with Gasteiger partial charge in [0.25, 0.3) is 11.8 Å². The normalized spacial score (nSPS) is 22.9. The minimum atomic E-state index is -0.947. The van der Waals surface area contributed by atoms with Crippen LogP contribution >= 0.6 is 11.6 Å². The first-order chi connectivity index (χ1) is 16.8. The zero-order valence-electron chi connectivity index (χ0n) is 20.1. The van der Waals surface area contributed by atoms with E-state index in [2.05, 4.69) is 17.4 Å². The predicted molar refractivity (Wildman–Crippen MR) is 132 cm³/mol. The molecule has 0 bridgehead atoms. The summed E-state index contributed by atoms with van der Waals surface area (Å²) in [5.41, 5.74) is 2.34. The molecule has 2 aromatic rings. The highest BCUT2D eigenvalue weighted by atomic mass is 35.5. The maximum Gasteiger partial charge on any atom is 0.325 e. The molecule has 1 N–H and O–H groups in total. The highest BCUT2D eigenvalue weighted by Crippen LogP contribution is 2.36. The monoisotopic (exact) mass is 495 g/mol. The van der Waals surface area contributed by atoms with Crippen molar-refractivity contribution in [1.82, 2.24) is 15.1 Å². The topological polar surface area (TPSA) is 79.0 Å². The molecule has 0 saturated carbocycles. The molecule has 2 fully saturated rings. The Hall–Kier alpha value is -3.06. The number of hydrogen-bond donors (Lipinski definition) is 1. The minimum absolute atomic E-state index is 0.0313. The van der Waals surface area contributed by atoms with Gasteiger partial charge < -0.3 is 15.0 Å². The van der Waals surface area contributed by atoms with E-state index in [1.54, 1.807) is 23.1 Å². The first-order valence-electron chi connectivity index (χ1n) is 12.2. The third kappa shape index (κ3) is 4.38. The fourth-order valence-corrected chi connectivity index (χ4v) is 5.94. The smallest absolute Gasteiger partial charge is 0.325 e. The van der Waals surface area contributed by atoms with Crippen molar-refractivity contribution in [2.75, 3.05) is 19.7 Å². The molecule has 35 heavy (non-hydrogen) atoms. The quantitative estimate of drug-likeness (QED) is 0.641. The van der Waals surface area contributed by atoms with Crippen LogP contribution < -0.4 is 10.1 Å². The number of carbonyl (C=O) groups excluding carboxylic acids is 3. The molecule has 0 aromatic heterocycles. The zero-order chi connectivity index (χ0) is 24.7. The Balaban J connectivity index is 1.18. The molecule has 2 aliphatic heterocycles. The van der Waals surface area contributed by atoms with E-state index in [9.17, 15) is 14.4 Å². The van der Waals surface area contributed by atoms with E-state index in [0.717, 1.165) is 5.56 Å². The molecule has 2 heterocycles. The van der Waals surface area contributed by atoms with E-state index in [4.69, 9.17) is 16.3 Å². The van der Waals surface area contributed by atoms with Crippen LogP contribution in [0.25, 0.3) is 0 Å². The summed E-state index contributed by atoms with van der Waals surface area (Å²) in [7, 11) is 0. The second-order valence-electron chi connectivity index (χ2n) is 9.99. The Morgan fingerprint density at radius 1 is 1.11 bits per heavy atom. The number of halogens is 1. The molecule has 184 valence electrons. The molecule has 5 rings (SSSR count). The van der Waals surface area contributed by atoms with Gasteiger partial charge in [-0.1, -0.05) is 35.9 Å². The number of imide groups is 1. The molecule has 1 atom stereocenters. The van der Waals surface area contributed by atoms with Gasteiger partial charge in [0.1, 0.15) is 11.3 Å². The lowest BCUT2D eigenvalue weighted by atomic mass is 9.78. The number of aryl methyl sites for hydroxylation is 1. The average Bonchev–Trinajstić information content (AvgIpc) is 3.36. The van der Waals surface area contributed by atoms with Crippen LogP contribution in [-0.4, -0.2) is 58.9 Å². The number of fused-ring (bicyclic) bond motifs is 1. The lowest BCUT2D eigenvalue weighted by Crippen LogP contribution is -2.55. The number of nitrogens with one attached hydrogen (secondary N) is 1. The Morgan fingerprint density at radius 3 is 2.40 bits per heavy atom. The summed E-state index contributed by atoms with van der Waals surface area (Å²) in [5.74, 6) is 0.372. The summed E-state index contributed by atoms with van der Waals surface area (Å²) in [4.78, 5) is 42.4. The van der Waals surface area contributed by atoms with Crippen molar-refractivity contribution >= 4 is 29.4 Å². The fourth-order valence-electron chi connectivity index (χ4n) is 5.72. The number of likely N-dealkylation sites (tertiary alicyclic amines) is 1. The van der Waals surface area contributed by atoms with Gasteiger partial charge in [0.2, 0.25) is 0 Å². The van der Waals surface area contributed by atoms with Gasteiger partial charge in [0, 0.05) is 24.2 Å². The van der Waals surface area contributed by atoms with Gasteiger partial charge in [0.15, 0.2) is 6.61 Å². The number of amides is 4. The maximum absolute atomic E-state index is 13.5. The highest BCUT2D eigenvalue weighted by molar-refractivity contribution is 6.30. The molecule has 1 aliphatic carbocycles. The van der Waals surface area contributed by atoms with Crippen LogP contribution in [0.5, 0.6) is 5.75 Å². The minimum Gasteiger partial charge on any atom is -0.483 e.